The highest BCUT2D eigenvalue weighted by atomic mass is 16.5. The smallest absolute Gasteiger partial charge is 0.306 e. The molecule has 1 unspecified atom stereocenters. The zero-order chi connectivity index (χ0) is 18.6. The van der Waals surface area contributed by atoms with Gasteiger partial charge in [-0.3, -0.25) is 9.59 Å². The van der Waals surface area contributed by atoms with Crippen LogP contribution in [0.2, 0.25) is 0 Å². The number of rotatable bonds is 7. The summed E-state index contributed by atoms with van der Waals surface area (Å²) in [4.78, 5) is 28.1. The van der Waals surface area contributed by atoms with Crippen LogP contribution >= 0.6 is 0 Å². The molecule has 0 spiro atoms. The first-order valence-corrected chi connectivity index (χ1v) is 8.59. The Morgan fingerprint density at radius 1 is 1.32 bits per heavy atom. The Hall–Kier alpha value is -2.44. The Morgan fingerprint density at radius 3 is 2.72 bits per heavy atom. The lowest BCUT2D eigenvalue weighted by molar-refractivity contribution is -0.148. The van der Waals surface area contributed by atoms with Crippen LogP contribution in [0.1, 0.15) is 49.3 Å². The van der Waals surface area contributed by atoms with E-state index in [1.165, 1.54) is 0 Å². The molecule has 0 aliphatic heterocycles. The van der Waals surface area contributed by atoms with Crippen molar-refractivity contribution >= 4 is 17.5 Å². The third kappa shape index (κ3) is 4.78. The van der Waals surface area contributed by atoms with Gasteiger partial charge in [0.25, 0.3) is 5.91 Å². The van der Waals surface area contributed by atoms with Crippen molar-refractivity contribution in [2.24, 2.45) is 0 Å². The number of hydrogen-bond donors (Lipinski definition) is 1. The monoisotopic (exact) mass is 346 g/mol. The van der Waals surface area contributed by atoms with Crippen LogP contribution in [0, 0.1) is 20.8 Å². The first-order chi connectivity index (χ1) is 11.8. The van der Waals surface area contributed by atoms with Gasteiger partial charge in [0.05, 0.1) is 5.69 Å². The van der Waals surface area contributed by atoms with Crippen LogP contribution in [-0.2, 0) is 20.7 Å². The van der Waals surface area contributed by atoms with Crippen molar-refractivity contribution in [3.8, 4) is 0 Å². The number of nitrogens with one attached hydrogen (secondary N) is 1. The molecule has 0 bridgehead atoms. The van der Waals surface area contributed by atoms with E-state index >= 15 is 0 Å². The molecule has 0 saturated carbocycles. The molecule has 0 aliphatic carbocycles. The van der Waals surface area contributed by atoms with Gasteiger partial charge in [0, 0.05) is 29.9 Å². The minimum atomic E-state index is -0.394. The Labute approximate surface area is 147 Å². The third-order valence-corrected chi connectivity index (χ3v) is 4.25. The number of hydrogen-bond acceptors (Lipinski definition) is 5. The van der Waals surface area contributed by atoms with Crippen LogP contribution in [-0.4, -0.2) is 39.1 Å². The maximum Gasteiger partial charge on any atom is 0.306 e. The highest BCUT2D eigenvalue weighted by Crippen LogP contribution is 2.17. The van der Waals surface area contributed by atoms with Gasteiger partial charge < -0.3 is 10.1 Å². The van der Waals surface area contributed by atoms with E-state index in [0.29, 0.717) is 6.42 Å². The number of ether oxygens (including phenoxy) is 1. The molecule has 25 heavy (non-hydrogen) atoms. The molecule has 2 aromatic heterocycles. The molecule has 0 aliphatic rings. The summed E-state index contributed by atoms with van der Waals surface area (Å²) in [6, 6.07) is 2.00. The van der Waals surface area contributed by atoms with Gasteiger partial charge in [0.15, 0.2) is 12.3 Å². The lowest BCUT2D eigenvalue weighted by Gasteiger charge is -2.12. The molecule has 2 rings (SSSR count). The highest BCUT2D eigenvalue weighted by molar-refractivity contribution is 5.80. The Bertz CT molecular complexity index is 782. The molecular formula is C18H26N4O3. The molecule has 7 heteroatoms. The summed E-state index contributed by atoms with van der Waals surface area (Å²) in [5.74, 6) is -0.667. The average molecular weight is 346 g/mol. The fourth-order valence-corrected chi connectivity index (χ4v) is 2.67. The number of fused-ring (bicyclic) bond motifs is 1. The van der Waals surface area contributed by atoms with Crippen LogP contribution in [0.5, 0.6) is 0 Å². The first kappa shape index (κ1) is 18.9. The first-order valence-electron chi connectivity index (χ1n) is 8.59. The van der Waals surface area contributed by atoms with Crippen molar-refractivity contribution in [2.45, 2.75) is 59.9 Å². The number of esters is 1. The molecule has 1 amide bonds. The van der Waals surface area contributed by atoms with E-state index in [4.69, 9.17) is 4.74 Å². The van der Waals surface area contributed by atoms with Gasteiger partial charge in [-0.1, -0.05) is 6.92 Å². The Kier molecular flexibility index (Phi) is 6.12. The largest absolute Gasteiger partial charge is 0.456 e. The third-order valence-electron chi connectivity index (χ3n) is 4.25. The SMILES string of the molecule is CCC(C)NC(=O)COC(=O)CCc1c(C)nc2cc(C)nn2c1C. The number of carbonyl (C=O) groups is 2. The second-order valence-electron chi connectivity index (χ2n) is 6.35. The van der Waals surface area contributed by atoms with E-state index in [9.17, 15) is 9.59 Å². The summed E-state index contributed by atoms with van der Waals surface area (Å²) in [7, 11) is 0. The summed E-state index contributed by atoms with van der Waals surface area (Å²) in [5.41, 5.74) is 4.54. The Balaban J connectivity index is 1.93. The predicted octanol–water partition coefficient (Wildman–Crippen LogP) is 2.05. The number of carbonyl (C=O) groups excluding carboxylic acids is 2. The van der Waals surface area contributed by atoms with Gasteiger partial charge in [-0.25, -0.2) is 9.50 Å². The molecule has 1 N–H and O–H groups in total. The number of aromatic nitrogens is 3. The van der Waals surface area contributed by atoms with Crippen LogP contribution in [0.4, 0.5) is 0 Å². The number of nitrogens with zero attached hydrogens (tertiary/aromatic N) is 3. The zero-order valence-electron chi connectivity index (χ0n) is 15.5. The quantitative estimate of drug-likeness (QED) is 0.776. The van der Waals surface area contributed by atoms with Gasteiger partial charge >= 0.3 is 5.97 Å². The molecule has 0 aromatic carbocycles. The van der Waals surface area contributed by atoms with Crippen molar-refractivity contribution in [1.29, 1.82) is 0 Å². The topological polar surface area (TPSA) is 85.6 Å². The van der Waals surface area contributed by atoms with Crippen molar-refractivity contribution in [3.05, 3.63) is 28.7 Å². The van der Waals surface area contributed by atoms with Gasteiger partial charge in [-0.2, -0.15) is 5.10 Å². The summed E-state index contributed by atoms with van der Waals surface area (Å²) >= 11 is 0. The zero-order valence-corrected chi connectivity index (χ0v) is 15.5. The fraction of sp³-hybridized carbons (Fsp3) is 0.556. The minimum absolute atomic E-state index is 0.0758. The van der Waals surface area contributed by atoms with Gasteiger partial charge in [0.2, 0.25) is 0 Å². The number of amides is 1. The minimum Gasteiger partial charge on any atom is -0.456 e. The van der Waals surface area contributed by atoms with Crippen LogP contribution < -0.4 is 5.32 Å². The summed E-state index contributed by atoms with van der Waals surface area (Å²) in [6.45, 7) is 9.46. The summed E-state index contributed by atoms with van der Waals surface area (Å²) in [5, 5.41) is 7.18. The van der Waals surface area contributed by atoms with Crippen molar-refractivity contribution in [3.63, 3.8) is 0 Å². The second-order valence-corrected chi connectivity index (χ2v) is 6.35. The lowest BCUT2D eigenvalue weighted by Crippen LogP contribution is -2.35. The van der Waals surface area contributed by atoms with E-state index in [0.717, 1.165) is 34.7 Å². The van der Waals surface area contributed by atoms with E-state index in [1.54, 1.807) is 4.52 Å². The van der Waals surface area contributed by atoms with E-state index in [1.807, 2.05) is 40.7 Å². The number of aryl methyl sites for hydroxylation is 3. The van der Waals surface area contributed by atoms with E-state index in [-0.39, 0.29) is 25.0 Å². The molecule has 0 radical (unpaired) electrons. The molecule has 2 heterocycles. The van der Waals surface area contributed by atoms with Crippen LogP contribution in [0.15, 0.2) is 6.07 Å². The summed E-state index contributed by atoms with van der Waals surface area (Å²) < 4.78 is 6.84. The normalized spacial score (nSPS) is 12.2. The lowest BCUT2D eigenvalue weighted by atomic mass is 10.1. The summed E-state index contributed by atoms with van der Waals surface area (Å²) in [6.07, 6.45) is 1.54. The Morgan fingerprint density at radius 2 is 2.04 bits per heavy atom. The molecule has 7 nitrogen and oxygen atoms in total. The van der Waals surface area contributed by atoms with Crippen molar-refractivity contribution in [2.75, 3.05) is 6.61 Å². The maximum absolute atomic E-state index is 11.9. The molecule has 1 atom stereocenters. The second kappa shape index (κ2) is 8.09. The van der Waals surface area contributed by atoms with Gasteiger partial charge in [-0.05, 0) is 46.1 Å². The molecule has 0 saturated heterocycles. The molecule has 2 aromatic rings. The maximum atomic E-state index is 11.9. The predicted molar refractivity (Wildman–Crippen MR) is 94.4 cm³/mol. The molecule has 136 valence electrons. The standard InChI is InChI=1S/C18H26N4O3/c1-6-11(2)19-17(23)10-25-18(24)8-7-15-13(4)20-16-9-12(3)21-22(16)14(15)5/h9,11H,6-8,10H2,1-5H3,(H,19,23). The molecular weight excluding hydrogens is 320 g/mol. The average Bonchev–Trinajstić information content (AvgIpc) is 2.93. The van der Waals surface area contributed by atoms with Gasteiger partial charge in [-0.15, -0.1) is 0 Å². The van der Waals surface area contributed by atoms with Crippen molar-refractivity contribution < 1.29 is 14.3 Å². The highest BCUT2D eigenvalue weighted by Gasteiger charge is 2.14. The van der Waals surface area contributed by atoms with E-state index in [2.05, 4.69) is 15.4 Å². The van der Waals surface area contributed by atoms with Crippen LogP contribution in [0.3, 0.4) is 0 Å². The van der Waals surface area contributed by atoms with Crippen LogP contribution in [0.25, 0.3) is 5.65 Å². The van der Waals surface area contributed by atoms with E-state index < -0.39 is 5.97 Å². The fourth-order valence-electron chi connectivity index (χ4n) is 2.67. The van der Waals surface area contributed by atoms with Crippen molar-refractivity contribution in [1.82, 2.24) is 19.9 Å². The van der Waals surface area contributed by atoms with Gasteiger partial charge in [0.1, 0.15) is 0 Å². The molecule has 0 fully saturated rings.